The summed E-state index contributed by atoms with van der Waals surface area (Å²) in [5.41, 5.74) is 2.87. The quantitative estimate of drug-likeness (QED) is 0.478. The summed E-state index contributed by atoms with van der Waals surface area (Å²) in [6.45, 7) is 2.70. The minimum absolute atomic E-state index is 0.108. The Morgan fingerprint density at radius 1 is 0.967 bits per heavy atom. The van der Waals surface area contributed by atoms with Crippen LogP contribution >= 0.6 is 22.9 Å². The van der Waals surface area contributed by atoms with Gasteiger partial charge in [-0.1, -0.05) is 29.8 Å². The topological polar surface area (TPSA) is 62.2 Å². The number of para-hydroxylation sites is 1. The Morgan fingerprint density at radius 3 is 2.57 bits per heavy atom. The molecule has 0 atom stereocenters. The number of thiazole rings is 1. The smallest absolute Gasteiger partial charge is 0.274 e. The van der Waals surface area contributed by atoms with Gasteiger partial charge in [0.1, 0.15) is 10.7 Å². The SMILES string of the molecule is O=C(c1nccnc1-c1nc2ccccc2s1)N1CCN(c2cccc(Cl)c2)CC1. The first-order valence-corrected chi connectivity index (χ1v) is 10.9. The van der Waals surface area contributed by atoms with Crippen LogP contribution in [0.1, 0.15) is 10.5 Å². The maximum atomic E-state index is 13.3. The molecule has 1 aliphatic rings. The van der Waals surface area contributed by atoms with Gasteiger partial charge in [0.25, 0.3) is 5.91 Å². The molecule has 1 aliphatic heterocycles. The molecule has 3 heterocycles. The summed E-state index contributed by atoms with van der Waals surface area (Å²) in [5, 5.41) is 1.43. The number of carbonyl (C=O) groups excluding carboxylic acids is 1. The molecular weight excluding hydrogens is 418 g/mol. The minimum Gasteiger partial charge on any atom is -0.368 e. The second-order valence-corrected chi connectivity index (χ2v) is 8.47. The first kappa shape index (κ1) is 19.0. The monoisotopic (exact) mass is 435 g/mol. The lowest BCUT2D eigenvalue weighted by Crippen LogP contribution is -2.49. The molecule has 0 N–H and O–H groups in total. The van der Waals surface area contributed by atoms with Crippen molar-refractivity contribution in [3.63, 3.8) is 0 Å². The van der Waals surface area contributed by atoms with E-state index in [-0.39, 0.29) is 5.91 Å². The fraction of sp³-hybridized carbons (Fsp3) is 0.182. The Kier molecular flexibility index (Phi) is 5.06. The van der Waals surface area contributed by atoms with Crippen molar-refractivity contribution in [1.29, 1.82) is 0 Å². The molecule has 6 nitrogen and oxygen atoms in total. The van der Waals surface area contributed by atoms with Gasteiger partial charge in [0, 0.05) is 49.3 Å². The van der Waals surface area contributed by atoms with Gasteiger partial charge in [-0.25, -0.2) is 15.0 Å². The number of hydrogen-bond donors (Lipinski definition) is 0. The molecule has 0 saturated carbocycles. The van der Waals surface area contributed by atoms with E-state index < -0.39 is 0 Å². The third-order valence-corrected chi connectivity index (χ3v) is 6.42. The number of nitrogens with zero attached hydrogens (tertiary/aromatic N) is 5. The highest BCUT2D eigenvalue weighted by Gasteiger charge is 2.27. The van der Waals surface area contributed by atoms with E-state index in [2.05, 4.69) is 19.9 Å². The number of halogens is 1. The molecule has 1 fully saturated rings. The van der Waals surface area contributed by atoms with Gasteiger partial charge in [0.05, 0.1) is 10.2 Å². The van der Waals surface area contributed by atoms with Crippen molar-refractivity contribution in [3.05, 3.63) is 71.6 Å². The molecule has 0 spiro atoms. The summed E-state index contributed by atoms with van der Waals surface area (Å²) in [6, 6.07) is 15.7. The number of anilines is 1. The minimum atomic E-state index is -0.108. The van der Waals surface area contributed by atoms with E-state index in [1.165, 1.54) is 11.3 Å². The lowest BCUT2D eigenvalue weighted by atomic mass is 10.2. The van der Waals surface area contributed by atoms with Crippen LogP contribution in [0.4, 0.5) is 5.69 Å². The number of aromatic nitrogens is 3. The van der Waals surface area contributed by atoms with E-state index in [9.17, 15) is 4.79 Å². The average Bonchev–Trinajstić information content (AvgIpc) is 3.23. The highest BCUT2D eigenvalue weighted by Crippen LogP contribution is 2.30. The third kappa shape index (κ3) is 3.62. The van der Waals surface area contributed by atoms with Crippen molar-refractivity contribution < 1.29 is 4.79 Å². The molecule has 2 aromatic heterocycles. The summed E-state index contributed by atoms with van der Waals surface area (Å²) in [4.78, 5) is 30.8. The summed E-state index contributed by atoms with van der Waals surface area (Å²) in [5.74, 6) is -0.108. The summed E-state index contributed by atoms with van der Waals surface area (Å²) in [6.07, 6.45) is 3.17. The van der Waals surface area contributed by atoms with Crippen LogP contribution in [0.3, 0.4) is 0 Å². The summed E-state index contributed by atoms with van der Waals surface area (Å²) < 4.78 is 1.06. The molecule has 8 heteroatoms. The first-order chi connectivity index (χ1) is 14.7. The highest BCUT2D eigenvalue weighted by molar-refractivity contribution is 7.21. The molecule has 0 bridgehead atoms. The third-order valence-electron chi connectivity index (χ3n) is 5.14. The molecule has 4 aromatic rings. The van der Waals surface area contributed by atoms with Gasteiger partial charge >= 0.3 is 0 Å². The van der Waals surface area contributed by atoms with Crippen LogP contribution in [-0.4, -0.2) is 51.9 Å². The van der Waals surface area contributed by atoms with Crippen molar-refractivity contribution in [1.82, 2.24) is 19.9 Å². The highest BCUT2D eigenvalue weighted by atomic mass is 35.5. The Balaban J connectivity index is 1.37. The fourth-order valence-electron chi connectivity index (χ4n) is 3.61. The zero-order valence-corrected chi connectivity index (χ0v) is 17.6. The van der Waals surface area contributed by atoms with Gasteiger partial charge < -0.3 is 9.80 Å². The van der Waals surface area contributed by atoms with Crippen LogP contribution in [0.2, 0.25) is 5.02 Å². The molecule has 1 saturated heterocycles. The summed E-state index contributed by atoms with van der Waals surface area (Å²) >= 11 is 7.64. The van der Waals surface area contributed by atoms with Crippen LogP contribution in [0.15, 0.2) is 60.9 Å². The van der Waals surface area contributed by atoms with Crippen molar-refractivity contribution in [2.24, 2.45) is 0 Å². The number of fused-ring (bicyclic) bond motifs is 1. The molecule has 150 valence electrons. The largest absolute Gasteiger partial charge is 0.368 e. The fourth-order valence-corrected chi connectivity index (χ4v) is 4.76. The molecular formula is C22H18ClN5OS. The van der Waals surface area contributed by atoms with Crippen molar-refractivity contribution in [2.75, 3.05) is 31.1 Å². The van der Waals surface area contributed by atoms with Gasteiger partial charge in [0.15, 0.2) is 5.69 Å². The number of hydrogen-bond acceptors (Lipinski definition) is 6. The van der Waals surface area contributed by atoms with E-state index in [0.29, 0.717) is 34.5 Å². The number of benzene rings is 2. The Morgan fingerprint density at radius 2 is 1.77 bits per heavy atom. The summed E-state index contributed by atoms with van der Waals surface area (Å²) in [7, 11) is 0. The lowest BCUT2D eigenvalue weighted by Gasteiger charge is -2.36. The van der Waals surface area contributed by atoms with Gasteiger partial charge in [-0.05, 0) is 30.3 Å². The van der Waals surface area contributed by atoms with Gasteiger partial charge in [-0.2, -0.15) is 0 Å². The maximum Gasteiger partial charge on any atom is 0.274 e. The maximum absolute atomic E-state index is 13.3. The molecule has 30 heavy (non-hydrogen) atoms. The van der Waals surface area contributed by atoms with Crippen molar-refractivity contribution in [2.45, 2.75) is 0 Å². The van der Waals surface area contributed by atoms with E-state index in [1.54, 1.807) is 12.4 Å². The van der Waals surface area contributed by atoms with E-state index in [0.717, 1.165) is 29.0 Å². The van der Waals surface area contributed by atoms with Crippen LogP contribution in [0.5, 0.6) is 0 Å². The Bertz CT molecular complexity index is 1190. The average molecular weight is 436 g/mol. The van der Waals surface area contributed by atoms with E-state index in [4.69, 9.17) is 11.6 Å². The number of rotatable bonds is 3. The van der Waals surface area contributed by atoms with Gasteiger partial charge in [-0.3, -0.25) is 4.79 Å². The predicted octanol–water partition coefficient (Wildman–Crippen LogP) is 4.37. The van der Waals surface area contributed by atoms with Crippen LogP contribution in [-0.2, 0) is 0 Å². The molecule has 5 rings (SSSR count). The van der Waals surface area contributed by atoms with Crippen molar-refractivity contribution >= 4 is 44.7 Å². The van der Waals surface area contributed by atoms with Crippen LogP contribution in [0.25, 0.3) is 20.9 Å². The zero-order chi connectivity index (χ0) is 20.5. The molecule has 0 radical (unpaired) electrons. The number of piperazine rings is 1. The van der Waals surface area contributed by atoms with Crippen LogP contribution in [0, 0.1) is 0 Å². The number of amides is 1. The molecule has 0 unspecified atom stereocenters. The molecule has 1 amide bonds. The Hall–Kier alpha value is -3.03. The van der Waals surface area contributed by atoms with Gasteiger partial charge in [0.2, 0.25) is 0 Å². The Labute approximate surface area is 182 Å². The first-order valence-electron chi connectivity index (χ1n) is 9.66. The lowest BCUT2D eigenvalue weighted by molar-refractivity contribution is 0.0741. The van der Waals surface area contributed by atoms with E-state index in [1.807, 2.05) is 53.4 Å². The molecule has 0 aliphatic carbocycles. The van der Waals surface area contributed by atoms with E-state index >= 15 is 0 Å². The standard InChI is InChI=1S/C22H18ClN5OS/c23-15-4-3-5-16(14-15)27-10-12-28(13-11-27)22(29)20-19(24-8-9-25-20)21-26-17-6-1-2-7-18(17)30-21/h1-9,14H,10-13H2. The normalized spacial score (nSPS) is 14.3. The van der Waals surface area contributed by atoms with Gasteiger partial charge in [-0.15, -0.1) is 11.3 Å². The second-order valence-electron chi connectivity index (χ2n) is 7.00. The molecule has 2 aromatic carbocycles. The number of carbonyl (C=O) groups is 1. The van der Waals surface area contributed by atoms with Crippen molar-refractivity contribution in [3.8, 4) is 10.7 Å². The predicted molar refractivity (Wildman–Crippen MR) is 120 cm³/mol. The van der Waals surface area contributed by atoms with Crippen LogP contribution < -0.4 is 4.90 Å². The zero-order valence-electron chi connectivity index (χ0n) is 16.0. The second kappa shape index (κ2) is 8.01.